The molecule has 3 atom stereocenters. The van der Waals surface area contributed by atoms with Crippen molar-refractivity contribution in [2.75, 3.05) is 32.8 Å². The van der Waals surface area contributed by atoms with Crippen LogP contribution in [0.2, 0.25) is 5.02 Å². The molecule has 0 N–H and O–H groups in total. The third-order valence-electron chi connectivity index (χ3n) is 7.19. The zero-order valence-corrected chi connectivity index (χ0v) is 19.3. The maximum absolute atomic E-state index is 13.8. The number of ether oxygens (including phenoxy) is 2. The Bertz CT molecular complexity index is 1020. The van der Waals surface area contributed by atoms with Gasteiger partial charge in [0.1, 0.15) is 17.5 Å². The summed E-state index contributed by atoms with van der Waals surface area (Å²) in [5, 5.41) is 7.71. The van der Waals surface area contributed by atoms with E-state index in [4.69, 9.17) is 21.1 Å². The number of benzene rings is 1. The van der Waals surface area contributed by atoms with Crippen molar-refractivity contribution in [3.8, 4) is 17.1 Å². The van der Waals surface area contributed by atoms with Gasteiger partial charge >= 0.3 is 6.18 Å². The Labute approximate surface area is 200 Å². The normalized spacial score (nSPS) is 26.1. The molecule has 2 saturated heterocycles. The Balaban J connectivity index is 1.26. The van der Waals surface area contributed by atoms with Gasteiger partial charge in [0.05, 0.1) is 10.7 Å². The Morgan fingerprint density at radius 3 is 2.44 bits per heavy atom. The summed E-state index contributed by atoms with van der Waals surface area (Å²) >= 11 is 6.05. The lowest BCUT2D eigenvalue weighted by molar-refractivity contribution is -0.139. The molecular weight excluding hydrogens is 474 g/mol. The predicted molar refractivity (Wildman–Crippen MR) is 118 cm³/mol. The molecule has 0 bridgehead atoms. The van der Waals surface area contributed by atoms with Crippen molar-refractivity contribution in [2.24, 2.45) is 17.8 Å². The van der Waals surface area contributed by atoms with Crippen molar-refractivity contribution < 1.29 is 27.0 Å². The van der Waals surface area contributed by atoms with Gasteiger partial charge < -0.3 is 14.4 Å². The Morgan fingerprint density at radius 2 is 1.76 bits per heavy atom. The lowest BCUT2D eigenvalue weighted by Crippen LogP contribution is -2.32. The van der Waals surface area contributed by atoms with Crippen LogP contribution in [0.5, 0.6) is 5.88 Å². The molecule has 5 rings (SSSR count). The second kappa shape index (κ2) is 9.59. The van der Waals surface area contributed by atoms with Crippen molar-refractivity contribution in [3.63, 3.8) is 0 Å². The van der Waals surface area contributed by atoms with E-state index in [0.29, 0.717) is 30.6 Å². The molecule has 0 spiro atoms. The van der Waals surface area contributed by atoms with Crippen LogP contribution in [0, 0.1) is 23.6 Å². The molecule has 5 nitrogen and oxygen atoms in total. The largest absolute Gasteiger partial charge is 0.473 e. The molecule has 1 aromatic carbocycles. The summed E-state index contributed by atoms with van der Waals surface area (Å²) in [5.41, 5.74) is -1.14. The quantitative estimate of drug-likeness (QED) is 0.510. The van der Waals surface area contributed by atoms with Crippen LogP contribution in [0.1, 0.15) is 31.2 Å². The number of hydrogen-bond acceptors (Lipinski definition) is 5. The molecule has 2 aliphatic heterocycles. The summed E-state index contributed by atoms with van der Waals surface area (Å²) in [6, 6.07) is 4.27. The second-order valence-corrected chi connectivity index (χ2v) is 9.98. The molecule has 184 valence electrons. The first kappa shape index (κ1) is 23.8. The Morgan fingerprint density at radius 1 is 1.06 bits per heavy atom. The highest BCUT2D eigenvalue weighted by atomic mass is 35.5. The van der Waals surface area contributed by atoms with Gasteiger partial charge in [0.2, 0.25) is 5.88 Å². The first-order chi connectivity index (χ1) is 16.3. The van der Waals surface area contributed by atoms with Crippen molar-refractivity contribution in [1.82, 2.24) is 15.1 Å². The molecule has 0 amide bonds. The molecule has 1 aromatic heterocycles. The van der Waals surface area contributed by atoms with Gasteiger partial charge in [0, 0.05) is 38.4 Å². The highest BCUT2D eigenvalue weighted by Crippen LogP contribution is 2.43. The summed E-state index contributed by atoms with van der Waals surface area (Å²) in [6.07, 6.45) is -1.45. The summed E-state index contributed by atoms with van der Waals surface area (Å²) in [6.45, 7) is 4.63. The van der Waals surface area contributed by atoms with E-state index in [1.165, 1.54) is 6.07 Å². The molecule has 2 aromatic rings. The SMILES string of the molecule is Fc1ccc(Cl)c(-c2cc(C(F)(F)F)c(O[C@@H]3C[C@@H]4CN(CC5CCOCC5)C[C@@H]4C3)nn2)c1. The summed E-state index contributed by atoms with van der Waals surface area (Å²) < 4.78 is 66.3. The average molecular weight is 500 g/mol. The number of aromatic nitrogens is 2. The average Bonchev–Trinajstić information content (AvgIpc) is 3.33. The van der Waals surface area contributed by atoms with E-state index in [-0.39, 0.29) is 22.4 Å². The van der Waals surface area contributed by atoms with Crippen LogP contribution in [0.25, 0.3) is 11.3 Å². The third kappa shape index (κ3) is 5.16. The molecule has 3 heterocycles. The number of hydrogen-bond donors (Lipinski definition) is 0. The van der Waals surface area contributed by atoms with Crippen LogP contribution >= 0.6 is 11.6 Å². The van der Waals surface area contributed by atoms with E-state index in [9.17, 15) is 17.6 Å². The molecule has 0 radical (unpaired) electrons. The molecule has 1 aliphatic carbocycles. The fraction of sp³-hybridized carbons (Fsp3) is 0.583. The van der Waals surface area contributed by atoms with Crippen LogP contribution in [0.3, 0.4) is 0 Å². The van der Waals surface area contributed by atoms with Crippen LogP contribution in [-0.4, -0.2) is 54.0 Å². The van der Waals surface area contributed by atoms with Gasteiger partial charge in [0.25, 0.3) is 0 Å². The molecule has 3 aliphatic rings. The zero-order valence-electron chi connectivity index (χ0n) is 18.5. The van der Waals surface area contributed by atoms with Crippen molar-refractivity contribution in [1.29, 1.82) is 0 Å². The second-order valence-electron chi connectivity index (χ2n) is 9.58. The monoisotopic (exact) mass is 499 g/mol. The van der Waals surface area contributed by atoms with Crippen LogP contribution in [0.4, 0.5) is 17.6 Å². The van der Waals surface area contributed by atoms with Gasteiger partial charge in [-0.1, -0.05) is 11.6 Å². The van der Waals surface area contributed by atoms with Crippen molar-refractivity contribution in [2.45, 2.75) is 38.0 Å². The van der Waals surface area contributed by atoms with Gasteiger partial charge in [-0.25, -0.2) is 4.39 Å². The summed E-state index contributed by atoms with van der Waals surface area (Å²) in [4.78, 5) is 2.49. The molecule has 34 heavy (non-hydrogen) atoms. The number of halogens is 5. The zero-order chi connectivity index (χ0) is 23.9. The fourth-order valence-corrected chi connectivity index (χ4v) is 5.75. The van der Waals surface area contributed by atoms with Gasteiger partial charge in [-0.05, 0) is 67.7 Å². The van der Waals surface area contributed by atoms with Gasteiger partial charge in [-0.15, -0.1) is 10.2 Å². The first-order valence-electron chi connectivity index (χ1n) is 11.6. The molecule has 0 unspecified atom stereocenters. The highest BCUT2D eigenvalue weighted by Gasteiger charge is 2.44. The van der Waals surface area contributed by atoms with Crippen LogP contribution < -0.4 is 4.74 Å². The van der Waals surface area contributed by atoms with E-state index in [1.54, 1.807) is 0 Å². The standard InChI is InChI=1S/C24H26ClF4N3O2/c25-21-2-1-17(26)9-19(21)22-10-20(24(27,28)29)23(31-30-22)34-18-7-15-12-32(13-16(15)8-18)11-14-3-5-33-6-4-14/h1-2,9-10,14-16,18H,3-8,11-13H2/t15-,16+,18-. The predicted octanol–water partition coefficient (Wildman–Crippen LogP) is 5.47. The van der Waals surface area contributed by atoms with E-state index in [0.717, 1.165) is 63.9 Å². The molecule has 1 saturated carbocycles. The van der Waals surface area contributed by atoms with E-state index in [1.807, 2.05) is 0 Å². The van der Waals surface area contributed by atoms with Crippen LogP contribution in [-0.2, 0) is 10.9 Å². The Kier molecular flexibility index (Phi) is 6.70. The van der Waals surface area contributed by atoms with Gasteiger partial charge in [0.15, 0.2) is 0 Å². The summed E-state index contributed by atoms with van der Waals surface area (Å²) in [7, 11) is 0. The molecular formula is C24H26ClF4N3O2. The number of rotatable bonds is 5. The first-order valence-corrected chi connectivity index (χ1v) is 12.0. The topological polar surface area (TPSA) is 47.5 Å². The van der Waals surface area contributed by atoms with E-state index in [2.05, 4.69) is 15.1 Å². The summed E-state index contributed by atoms with van der Waals surface area (Å²) in [5.74, 6) is 0.329. The van der Waals surface area contributed by atoms with Crippen molar-refractivity contribution >= 4 is 11.6 Å². The maximum Gasteiger partial charge on any atom is 0.421 e. The van der Waals surface area contributed by atoms with Gasteiger partial charge in [-0.3, -0.25) is 0 Å². The highest BCUT2D eigenvalue weighted by molar-refractivity contribution is 6.33. The van der Waals surface area contributed by atoms with E-state index < -0.39 is 23.4 Å². The minimum absolute atomic E-state index is 0.0474. The maximum atomic E-state index is 13.8. The molecule has 3 fully saturated rings. The van der Waals surface area contributed by atoms with Gasteiger partial charge in [-0.2, -0.15) is 13.2 Å². The minimum Gasteiger partial charge on any atom is -0.473 e. The third-order valence-corrected chi connectivity index (χ3v) is 7.52. The number of likely N-dealkylation sites (tertiary alicyclic amines) is 1. The van der Waals surface area contributed by atoms with Crippen molar-refractivity contribution in [3.05, 3.63) is 40.7 Å². The number of nitrogens with zero attached hydrogens (tertiary/aromatic N) is 3. The number of fused-ring (bicyclic) bond motifs is 1. The smallest absolute Gasteiger partial charge is 0.421 e. The Hall–Kier alpha value is -1.97. The van der Waals surface area contributed by atoms with Crippen LogP contribution in [0.15, 0.2) is 24.3 Å². The minimum atomic E-state index is -4.70. The fourth-order valence-electron chi connectivity index (χ4n) is 5.53. The lowest BCUT2D eigenvalue weighted by Gasteiger charge is -2.27. The lowest BCUT2D eigenvalue weighted by atomic mass is 10.00. The number of alkyl halides is 3. The van der Waals surface area contributed by atoms with E-state index >= 15 is 0 Å². The molecule has 10 heteroatoms.